The summed E-state index contributed by atoms with van der Waals surface area (Å²) in [5.74, 6) is 0. The van der Waals surface area contributed by atoms with E-state index < -0.39 is 0 Å². The lowest BCUT2D eigenvalue weighted by atomic mass is 10.0. The highest BCUT2D eigenvalue weighted by Crippen LogP contribution is 2.26. The molecule has 2 heterocycles. The molecule has 0 bridgehead atoms. The Bertz CT molecular complexity index is 1450. The first-order chi connectivity index (χ1) is 16.7. The minimum absolute atomic E-state index is 0.0432. The van der Waals surface area contributed by atoms with Gasteiger partial charge in [0.2, 0.25) is 0 Å². The van der Waals surface area contributed by atoms with Gasteiger partial charge >= 0.3 is 5.69 Å². The van der Waals surface area contributed by atoms with E-state index in [2.05, 4.69) is 46.4 Å². The molecule has 3 aromatic carbocycles. The van der Waals surface area contributed by atoms with Crippen LogP contribution in [0, 0.1) is 0 Å². The van der Waals surface area contributed by atoms with E-state index in [4.69, 9.17) is 0 Å². The summed E-state index contributed by atoms with van der Waals surface area (Å²) in [6.07, 6.45) is 6.98. The van der Waals surface area contributed by atoms with Crippen molar-refractivity contribution in [1.82, 2.24) is 29.3 Å². The maximum atomic E-state index is 13.3. The first-order valence-electron chi connectivity index (χ1n) is 11.1. The van der Waals surface area contributed by atoms with Crippen LogP contribution in [-0.2, 0) is 13.0 Å². The van der Waals surface area contributed by atoms with Crippen molar-refractivity contribution in [3.05, 3.63) is 126 Å². The molecule has 168 valence electrons. The summed E-state index contributed by atoms with van der Waals surface area (Å²) in [5, 5.41) is 11.5. The van der Waals surface area contributed by atoms with Gasteiger partial charge in [-0.2, -0.15) is 4.68 Å². The lowest BCUT2D eigenvalue weighted by molar-refractivity contribution is 0.699. The topological polar surface area (TPSA) is 70.5 Å². The average Bonchev–Trinajstić information content (AvgIpc) is 3.53. The fraction of sp³-hybridized carbons (Fsp3) is 0.111. The fourth-order valence-electron chi connectivity index (χ4n) is 4.08. The van der Waals surface area contributed by atoms with Crippen LogP contribution in [0.1, 0.15) is 17.7 Å². The molecule has 5 aromatic rings. The number of hydrogen-bond donors (Lipinski definition) is 0. The summed E-state index contributed by atoms with van der Waals surface area (Å²) in [5.41, 5.74) is 5.84. The van der Waals surface area contributed by atoms with E-state index in [-0.39, 0.29) is 5.69 Å². The van der Waals surface area contributed by atoms with Crippen molar-refractivity contribution in [3.63, 3.8) is 0 Å². The Morgan fingerprint density at radius 2 is 1.68 bits per heavy atom. The average molecular weight is 449 g/mol. The van der Waals surface area contributed by atoms with Gasteiger partial charge in [0.05, 0.1) is 17.9 Å². The van der Waals surface area contributed by atoms with Gasteiger partial charge in [-0.1, -0.05) is 66.7 Å². The third-order valence-electron chi connectivity index (χ3n) is 5.81. The predicted molar refractivity (Wildman–Crippen MR) is 132 cm³/mol. The molecule has 7 nitrogen and oxygen atoms in total. The summed E-state index contributed by atoms with van der Waals surface area (Å²) in [6.45, 7) is 4.33. The predicted octanol–water partition coefficient (Wildman–Crippen LogP) is 4.45. The number of para-hydroxylation sites is 2. The molecule has 0 saturated heterocycles. The number of benzene rings is 3. The first kappa shape index (κ1) is 21.3. The molecule has 0 saturated carbocycles. The maximum absolute atomic E-state index is 13.3. The van der Waals surface area contributed by atoms with Crippen LogP contribution >= 0.6 is 0 Å². The van der Waals surface area contributed by atoms with Crippen LogP contribution in [0.5, 0.6) is 0 Å². The van der Waals surface area contributed by atoms with Gasteiger partial charge in [-0.25, -0.2) is 4.79 Å². The smallest absolute Gasteiger partial charge is 0.292 e. The molecule has 5 rings (SSSR count). The molecule has 2 aromatic heterocycles. The van der Waals surface area contributed by atoms with Gasteiger partial charge in [0.25, 0.3) is 0 Å². The van der Waals surface area contributed by atoms with E-state index in [9.17, 15) is 4.79 Å². The maximum Gasteiger partial charge on any atom is 0.333 e. The number of aromatic nitrogens is 6. The van der Waals surface area contributed by atoms with Gasteiger partial charge in [-0.3, -0.25) is 9.13 Å². The molecule has 0 spiro atoms. The lowest BCUT2D eigenvalue weighted by Gasteiger charge is -2.11. The SMILES string of the molecule is C=CCCc1cn(-c2ccccc2)c(=O)n1Cc1ccc(-c2ccccc2-n2cnnn2)cc1. The summed E-state index contributed by atoms with van der Waals surface area (Å²) < 4.78 is 5.22. The van der Waals surface area contributed by atoms with Gasteiger partial charge < -0.3 is 0 Å². The molecule has 0 amide bonds. The molecular weight excluding hydrogens is 424 g/mol. The number of hydrogen-bond acceptors (Lipinski definition) is 4. The number of aryl methyl sites for hydroxylation is 1. The number of nitrogens with zero attached hydrogens (tertiary/aromatic N) is 6. The zero-order valence-electron chi connectivity index (χ0n) is 18.7. The second-order valence-electron chi connectivity index (χ2n) is 7.99. The standard InChI is InChI=1S/C27H24N6O/c1-2-3-9-24-19-32(23-10-5-4-6-11-23)27(34)31(24)18-21-14-16-22(17-15-21)25-12-7-8-13-26(25)33-20-28-29-30-33/h2,4-8,10-17,19-20H,1,3,9,18H2. The molecule has 0 N–H and O–H groups in total. The third kappa shape index (κ3) is 4.23. The monoisotopic (exact) mass is 448 g/mol. The quantitative estimate of drug-likeness (QED) is 0.329. The van der Waals surface area contributed by atoms with Crippen LogP contribution in [0.15, 0.2) is 109 Å². The summed E-state index contributed by atoms with van der Waals surface area (Å²) in [4.78, 5) is 13.3. The molecule has 0 aliphatic heterocycles. The second-order valence-corrected chi connectivity index (χ2v) is 7.99. The van der Waals surface area contributed by atoms with Crippen LogP contribution in [0.4, 0.5) is 0 Å². The third-order valence-corrected chi connectivity index (χ3v) is 5.81. The van der Waals surface area contributed by atoms with Gasteiger partial charge in [0, 0.05) is 17.5 Å². The number of allylic oxidation sites excluding steroid dienone is 1. The Labute approximate surface area is 197 Å². The number of imidazole rings is 1. The highest BCUT2D eigenvalue weighted by molar-refractivity contribution is 5.72. The van der Waals surface area contributed by atoms with E-state index in [1.807, 2.05) is 71.4 Å². The van der Waals surface area contributed by atoms with E-state index >= 15 is 0 Å². The molecule has 0 aliphatic rings. The van der Waals surface area contributed by atoms with Crippen molar-refractivity contribution in [2.45, 2.75) is 19.4 Å². The van der Waals surface area contributed by atoms with Crippen LogP contribution < -0.4 is 5.69 Å². The number of rotatable bonds is 8. The lowest BCUT2D eigenvalue weighted by Crippen LogP contribution is -2.24. The van der Waals surface area contributed by atoms with Crippen LogP contribution in [0.3, 0.4) is 0 Å². The Balaban J connectivity index is 1.47. The zero-order valence-corrected chi connectivity index (χ0v) is 18.7. The summed E-state index contributed by atoms with van der Waals surface area (Å²) in [6, 6.07) is 26.0. The molecule has 0 unspecified atom stereocenters. The minimum Gasteiger partial charge on any atom is -0.292 e. The van der Waals surface area contributed by atoms with Gasteiger partial charge in [0.1, 0.15) is 6.33 Å². The normalized spacial score (nSPS) is 10.9. The summed E-state index contributed by atoms with van der Waals surface area (Å²) >= 11 is 0. The van der Waals surface area contributed by atoms with E-state index in [1.54, 1.807) is 15.6 Å². The minimum atomic E-state index is -0.0432. The molecule has 0 atom stereocenters. The fourth-order valence-corrected chi connectivity index (χ4v) is 4.08. The van der Waals surface area contributed by atoms with Crippen molar-refractivity contribution >= 4 is 0 Å². The molecule has 34 heavy (non-hydrogen) atoms. The van der Waals surface area contributed by atoms with Crippen LogP contribution in [0.25, 0.3) is 22.5 Å². The van der Waals surface area contributed by atoms with Crippen molar-refractivity contribution in [3.8, 4) is 22.5 Å². The first-order valence-corrected chi connectivity index (χ1v) is 11.1. The Kier molecular flexibility index (Phi) is 5.99. The highest BCUT2D eigenvalue weighted by Gasteiger charge is 2.13. The molecule has 0 fully saturated rings. The highest BCUT2D eigenvalue weighted by atomic mass is 16.1. The van der Waals surface area contributed by atoms with Gasteiger partial charge in [-0.15, -0.1) is 11.7 Å². The largest absolute Gasteiger partial charge is 0.333 e. The van der Waals surface area contributed by atoms with Crippen molar-refractivity contribution in [2.24, 2.45) is 0 Å². The molecular formula is C27H24N6O. The van der Waals surface area contributed by atoms with Gasteiger partial charge in [0.15, 0.2) is 0 Å². The second kappa shape index (κ2) is 9.54. The van der Waals surface area contributed by atoms with Crippen molar-refractivity contribution in [2.75, 3.05) is 0 Å². The van der Waals surface area contributed by atoms with Crippen LogP contribution in [0.2, 0.25) is 0 Å². The Hall–Kier alpha value is -4.52. The van der Waals surface area contributed by atoms with E-state index in [0.717, 1.165) is 46.6 Å². The molecule has 0 aliphatic carbocycles. The van der Waals surface area contributed by atoms with Crippen LogP contribution in [-0.4, -0.2) is 29.3 Å². The number of tetrazole rings is 1. The molecule has 0 radical (unpaired) electrons. The van der Waals surface area contributed by atoms with Crippen molar-refractivity contribution in [1.29, 1.82) is 0 Å². The van der Waals surface area contributed by atoms with E-state index in [0.29, 0.717) is 6.54 Å². The van der Waals surface area contributed by atoms with Crippen molar-refractivity contribution < 1.29 is 0 Å². The summed E-state index contributed by atoms with van der Waals surface area (Å²) in [7, 11) is 0. The van der Waals surface area contributed by atoms with E-state index in [1.165, 1.54) is 0 Å². The Morgan fingerprint density at radius 1 is 0.912 bits per heavy atom. The Morgan fingerprint density at radius 3 is 2.41 bits per heavy atom. The zero-order chi connectivity index (χ0) is 23.3. The molecule has 7 heteroatoms. The van der Waals surface area contributed by atoms with Gasteiger partial charge in [-0.05, 0) is 52.6 Å².